The van der Waals surface area contributed by atoms with E-state index in [1.165, 1.54) is 0 Å². The number of rotatable bonds is 19. The molecule has 9 aromatic heterocycles. The van der Waals surface area contributed by atoms with Gasteiger partial charge in [-0.1, -0.05) is 315 Å². The fourth-order valence-corrected chi connectivity index (χ4v) is 25.2. The number of para-hydroxylation sites is 9. The fraction of sp³-hybridized carbons (Fsp3) is 0. The van der Waals surface area contributed by atoms with Gasteiger partial charge in [0.1, 0.15) is 17.5 Å². The minimum Gasteiger partial charge on any atom is -0.292 e. The third-order valence-corrected chi connectivity index (χ3v) is 32.3. The molecule has 20 aromatic carbocycles. The van der Waals surface area contributed by atoms with E-state index in [1.54, 1.807) is 34.0 Å². The Hall–Kier alpha value is -19.3. The van der Waals surface area contributed by atoms with Gasteiger partial charge in [0.2, 0.25) is 0 Å². The van der Waals surface area contributed by atoms with Crippen LogP contribution in [0.25, 0.3) is 291 Å². The number of hydrogen-bond donors (Lipinski definition) is 0. The summed E-state index contributed by atoms with van der Waals surface area (Å²) in [7, 11) is 0. The van der Waals surface area contributed by atoms with Gasteiger partial charge >= 0.3 is 0 Å². The predicted molar refractivity (Wildman–Crippen MR) is 623 cm³/mol. The Morgan fingerprint density at radius 1 is 0.153 bits per heavy atom. The SMILES string of the molecule is c1ccc(-c2cccc(-c3cc(-c4ccccc4)nc(-c4ccc(-c5cccc(-c6ccc(-c7cc(-c8ccccc8)nc(-c8ccc(-c9cccc(-c%10cc(-c%11ccccc%11)nc(-c%11cccc%12sc%13ccc(-c%14nc%15ccccc%15n%14-c%14ccccc%14)cc%13c%11%12)n%10)c9)c9sc%10ccc(-c%11nc%12ccccc%12n%11-c%11ccccc%11)cc%10c89)n7)cc6)c5)c5sc6ccc(-c7nc8ccccc8n7-c7ccccc7)cc6c45)n3)c2)cc1. The smallest absolute Gasteiger partial charge is 0.161 e. The molecular weight excluding hydrogens is 1890 g/mol. The Labute approximate surface area is 874 Å². The Morgan fingerprint density at radius 3 is 0.813 bits per heavy atom. The maximum atomic E-state index is 5.78. The van der Waals surface area contributed by atoms with E-state index in [-0.39, 0.29) is 0 Å². The zero-order chi connectivity index (χ0) is 98.8. The highest BCUT2D eigenvalue weighted by atomic mass is 32.1. The van der Waals surface area contributed by atoms with Crippen LogP contribution in [0.2, 0.25) is 0 Å². The van der Waals surface area contributed by atoms with Gasteiger partial charge < -0.3 is 0 Å². The van der Waals surface area contributed by atoms with Crippen molar-refractivity contribution < 1.29 is 0 Å². The largest absolute Gasteiger partial charge is 0.292 e. The molecule has 12 nitrogen and oxygen atoms in total. The number of fused-ring (bicyclic) bond motifs is 12. The molecule has 29 aromatic rings. The summed E-state index contributed by atoms with van der Waals surface area (Å²) in [5.74, 6) is 4.43. The summed E-state index contributed by atoms with van der Waals surface area (Å²) in [6, 6.07) is 177. The molecule has 150 heavy (non-hydrogen) atoms. The first-order valence-corrected chi connectivity index (χ1v) is 52.6. The average Bonchev–Trinajstić information content (AvgIpc) is 1.61. The molecule has 0 bridgehead atoms. The Balaban J connectivity index is 0.564. The third kappa shape index (κ3) is 15.4. The molecule has 700 valence electrons. The molecule has 29 rings (SSSR count). The third-order valence-electron chi connectivity index (χ3n) is 28.8. The highest BCUT2D eigenvalue weighted by molar-refractivity contribution is 7.27. The van der Waals surface area contributed by atoms with Crippen LogP contribution >= 0.6 is 34.0 Å². The Kier molecular flexibility index (Phi) is 21.2. The molecule has 0 fully saturated rings. The van der Waals surface area contributed by atoms with E-state index in [0.29, 0.717) is 17.5 Å². The van der Waals surface area contributed by atoms with Gasteiger partial charge in [-0.05, 0) is 226 Å². The lowest BCUT2D eigenvalue weighted by Gasteiger charge is -2.14. The molecule has 0 aliphatic rings. The zero-order valence-electron chi connectivity index (χ0n) is 80.4. The molecule has 0 saturated carbocycles. The van der Waals surface area contributed by atoms with Crippen molar-refractivity contribution in [2.45, 2.75) is 0 Å². The van der Waals surface area contributed by atoms with Gasteiger partial charge in [-0.2, -0.15) is 0 Å². The standard InChI is InChI=1S/C135H82N12S3/c1-8-32-83(33-9-1)90-41-29-44-93(75-90)116-81-114(87-38-14-4-15-39-87)138-132(141-116)105-69-67-101(128-127(105)108-79-97(65-72-122(108)149-128)135-144-111-55-24-27-58-120(111)147(135)100-50-20-7-21-51-100)91-42-28-40-89(74-91)84-60-62-88(63-61-84)115-80-112(85-34-10-2-11-35-85)137-131(139-115)104-70-68-102(129-126(104)107-78-96(66-73-123(107)150-129)134-143-110-54-23-26-57-119(110)146(134)99-48-18-6-19-49-99)92-43-30-45-94(76-92)117-82-113(86-36-12-3-13-37-86)136-130(140-117)103-52-31-59-124-125(103)106-77-95(64-71-121(106)148-124)133-142-109-53-22-25-56-118(109)145(133)98-46-16-5-17-47-98/h1-82H. The van der Waals surface area contributed by atoms with Crippen molar-refractivity contribution >= 4 is 128 Å². The molecule has 0 spiro atoms. The second-order valence-corrected chi connectivity index (χ2v) is 41.0. The predicted octanol–water partition coefficient (Wildman–Crippen LogP) is 35.8. The van der Waals surface area contributed by atoms with Crippen molar-refractivity contribution in [3.05, 3.63) is 497 Å². The number of hydrogen-bond acceptors (Lipinski definition) is 12. The number of aromatic nitrogens is 12. The van der Waals surface area contributed by atoms with Crippen LogP contribution in [0.3, 0.4) is 0 Å². The lowest BCUT2D eigenvalue weighted by molar-refractivity contribution is 1.10. The van der Waals surface area contributed by atoms with Gasteiger partial charge in [-0.3, -0.25) is 13.7 Å². The average molecular weight is 1970 g/mol. The number of thiophene rings is 3. The summed E-state index contributed by atoms with van der Waals surface area (Å²) in [4.78, 5) is 50.1. The van der Waals surface area contributed by atoms with Gasteiger partial charge in [0.05, 0.1) is 67.3 Å². The van der Waals surface area contributed by atoms with Crippen LogP contribution < -0.4 is 0 Å². The number of benzene rings is 20. The summed E-state index contributed by atoms with van der Waals surface area (Å²) in [6.07, 6.45) is 0. The summed E-state index contributed by atoms with van der Waals surface area (Å²) >= 11 is 5.37. The maximum absolute atomic E-state index is 5.78. The molecule has 9 heterocycles. The number of imidazole rings is 3. The highest BCUT2D eigenvalue weighted by Crippen LogP contribution is 2.52. The van der Waals surface area contributed by atoms with Gasteiger partial charge in [-0.15, -0.1) is 34.0 Å². The summed E-state index contributed by atoms with van der Waals surface area (Å²) < 4.78 is 13.6. The van der Waals surface area contributed by atoms with Crippen molar-refractivity contribution in [1.82, 2.24) is 58.6 Å². The zero-order valence-corrected chi connectivity index (χ0v) is 82.9. The van der Waals surface area contributed by atoms with E-state index >= 15 is 0 Å². The lowest BCUT2D eigenvalue weighted by Crippen LogP contribution is -1.98. The van der Waals surface area contributed by atoms with Crippen LogP contribution in [0.1, 0.15) is 0 Å². The minimum atomic E-state index is 0.597. The minimum absolute atomic E-state index is 0.597. The second kappa shape index (κ2) is 36.5. The fourth-order valence-electron chi connectivity index (χ4n) is 21.6. The van der Waals surface area contributed by atoms with Crippen LogP contribution in [-0.2, 0) is 0 Å². The topological polar surface area (TPSA) is 131 Å². The summed E-state index contributed by atoms with van der Waals surface area (Å²) in [6.45, 7) is 0. The first-order valence-electron chi connectivity index (χ1n) is 50.2. The molecule has 0 N–H and O–H groups in total. The van der Waals surface area contributed by atoms with E-state index in [1.807, 2.05) is 0 Å². The van der Waals surface area contributed by atoms with Gasteiger partial charge in [-0.25, -0.2) is 44.9 Å². The summed E-state index contributed by atoms with van der Waals surface area (Å²) in [5, 5.41) is 6.47. The van der Waals surface area contributed by atoms with Crippen molar-refractivity contribution in [2.75, 3.05) is 0 Å². The quantitative estimate of drug-likeness (QED) is 0.0776. The first kappa shape index (κ1) is 87.3. The van der Waals surface area contributed by atoms with Gasteiger partial charge in [0.15, 0.2) is 17.5 Å². The van der Waals surface area contributed by atoms with Gasteiger partial charge in [0, 0.05) is 144 Å². The maximum Gasteiger partial charge on any atom is 0.161 e. The van der Waals surface area contributed by atoms with E-state index in [2.05, 4.69) is 511 Å². The van der Waals surface area contributed by atoms with Crippen LogP contribution in [-0.4, -0.2) is 58.6 Å². The number of nitrogens with zero attached hydrogens (tertiary/aromatic N) is 12. The molecule has 0 unspecified atom stereocenters. The highest BCUT2D eigenvalue weighted by Gasteiger charge is 2.29. The van der Waals surface area contributed by atoms with Crippen molar-refractivity contribution in [1.29, 1.82) is 0 Å². The second-order valence-electron chi connectivity index (χ2n) is 37.8. The molecule has 0 radical (unpaired) electrons. The van der Waals surface area contributed by atoms with E-state index < -0.39 is 0 Å². The van der Waals surface area contributed by atoms with Crippen LogP contribution in [0.5, 0.6) is 0 Å². The van der Waals surface area contributed by atoms with Crippen LogP contribution in [0.4, 0.5) is 0 Å². The molecule has 0 aliphatic heterocycles. The van der Waals surface area contributed by atoms with Crippen molar-refractivity contribution in [3.8, 4) is 197 Å². The normalized spacial score (nSPS) is 11.7. The van der Waals surface area contributed by atoms with Crippen LogP contribution in [0, 0.1) is 0 Å². The molecule has 0 atom stereocenters. The van der Waals surface area contributed by atoms with E-state index in [9.17, 15) is 0 Å². The lowest BCUT2D eigenvalue weighted by atomic mass is 9.94. The van der Waals surface area contributed by atoms with Gasteiger partial charge in [0.25, 0.3) is 0 Å². The van der Waals surface area contributed by atoms with Crippen LogP contribution in [0.15, 0.2) is 497 Å². The van der Waals surface area contributed by atoms with Crippen molar-refractivity contribution in [3.63, 3.8) is 0 Å². The Bertz CT molecular complexity index is 10400. The first-order chi connectivity index (χ1) is 74.3. The molecule has 15 heteroatoms. The summed E-state index contributed by atoms with van der Waals surface area (Å²) in [5.41, 5.74) is 34.1. The molecular formula is C135H82N12S3. The van der Waals surface area contributed by atoms with E-state index in [0.717, 1.165) is 274 Å². The monoisotopic (exact) mass is 1970 g/mol. The molecule has 0 amide bonds. The molecule has 0 aliphatic carbocycles. The van der Waals surface area contributed by atoms with E-state index in [4.69, 9.17) is 44.9 Å². The van der Waals surface area contributed by atoms with Crippen molar-refractivity contribution in [2.24, 2.45) is 0 Å². The molecule has 0 saturated heterocycles. The Morgan fingerprint density at radius 2 is 0.420 bits per heavy atom.